The van der Waals surface area contributed by atoms with Crippen molar-refractivity contribution in [2.45, 2.75) is 6.42 Å². The average Bonchev–Trinajstić information content (AvgIpc) is 2.79. The molecule has 2 aromatic carbocycles. The minimum Gasteiger partial charge on any atom is -0.492 e. The Balaban J connectivity index is 2.75. The maximum absolute atomic E-state index is 12.3. The summed E-state index contributed by atoms with van der Waals surface area (Å²) in [7, 11) is 8.05. The van der Waals surface area contributed by atoms with Crippen molar-refractivity contribution in [3.8, 4) is 23.0 Å². The molecule has 2 rings (SSSR count). The zero-order valence-electron chi connectivity index (χ0n) is 17.9. The summed E-state index contributed by atoms with van der Waals surface area (Å²) in [5.74, 6) is -0.685. The van der Waals surface area contributed by atoms with Crippen LogP contribution in [-0.4, -0.2) is 54.6 Å². The maximum Gasteiger partial charge on any atom is 0.341 e. The van der Waals surface area contributed by atoms with E-state index < -0.39 is 11.9 Å². The van der Waals surface area contributed by atoms with Gasteiger partial charge in [-0.15, -0.1) is 0 Å². The monoisotopic (exact) mass is 472 g/mol. The highest BCUT2D eigenvalue weighted by molar-refractivity contribution is 6.34. The van der Waals surface area contributed by atoms with E-state index in [2.05, 4.69) is 0 Å². The predicted molar refractivity (Wildman–Crippen MR) is 115 cm³/mol. The number of hydrogen-bond acceptors (Lipinski definition) is 8. The molecule has 0 unspecified atom stereocenters. The van der Waals surface area contributed by atoms with E-state index in [-0.39, 0.29) is 50.6 Å². The summed E-state index contributed by atoms with van der Waals surface area (Å²) in [5.41, 5.74) is 1.19. The Hall–Kier alpha value is -2.84. The van der Waals surface area contributed by atoms with E-state index in [1.54, 1.807) is 0 Å². The highest BCUT2D eigenvalue weighted by atomic mass is 35.5. The topological polar surface area (TPSA) is 89.5 Å². The minimum absolute atomic E-state index is 0.117. The van der Waals surface area contributed by atoms with Crippen molar-refractivity contribution >= 4 is 35.1 Å². The SMILES string of the molecule is COC(=O)c1cc(Cc2cc(C(=O)OC)c(OC)c(OC)c2Cl)c(Cl)c(OC)c1OC. The van der Waals surface area contributed by atoms with Gasteiger partial charge in [-0.1, -0.05) is 23.2 Å². The van der Waals surface area contributed by atoms with Gasteiger partial charge in [-0.05, 0) is 23.3 Å². The summed E-state index contributed by atoms with van der Waals surface area (Å²) in [4.78, 5) is 24.6. The second-order valence-electron chi connectivity index (χ2n) is 6.09. The maximum atomic E-state index is 12.3. The van der Waals surface area contributed by atoms with Crippen molar-refractivity contribution in [1.29, 1.82) is 0 Å². The number of esters is 2. The van der Waals surface area contributed by atoms with E-state index in [0.717, 1.165) is 0 Å². The first kappa shape index (κ1) is 24.4. The Kier molecular flexibility index (Phi) is 8.24. The van der Waals surface area contributed by atoms with Gasteiger partial charge in [-0.2, -0.15) is 0 Å². The van der Waals surface area contributed by atoms with Crippen LogP contribution in [0.15, 0.2) is 12.1 Å². The first-order chi connectivity index (χ1) is 14.8. The zero-order chi connectivity index (χ0) is 23.3. The van der Waals surface area contributed by atoms with Gasteiger partial charge in [0.05, 0.1) is 52.7 Å². The molecule has 0 bridgehead atoms. The molecule has 31 heavy (non-hydrogen) atoms. The molecule has 0 N–H and O–H groups in total. The van der Waals surface area contributed by atoms with Crippen LogP contribution in [0, 0.1) is 0 Å². The van der Waals surface area contributed by atoms with Crippen molar-refractivity contribution in [3.05, 3.63) is 44.4 Å². The van der Waals surface area contributed by atoms with Crippen molar-refractivity contribution in [2.24, 2.45) is 0 Å². The Bertz CT molecular complexity index is 924. The van der Waals surface area contributed by atoms with E-state index >= 15 is 0 Å². The molecule has 0 saturated carbocycles. The molecule has 0 spiro atoms. The first-order valence-electron chi connectivity index (χ1n) is 8.82. The van der Waals surface area contributed by atoms with E-state index in [4.69, 9.17) is 51.6 Å². The van der Waals surface area contributed by atoms with Crippen molar-refractivity contribution < 1.29 is 38.0 Å². The minimum atomic E-state index is -0.637. The lowest BCUT2D eigenvalue weighted by Crippen LogP contribution is -2.09. The molecular weight excluding hydrogens is 451 g/mol. The second kappa shape index (κ2) is 10.5. The van der Waals surface area contributed by atoms with Gasteiger partial charge in [0, 0.05) is 6.42 Å². The highest BCUT2D eigenvalue weighted by Gasteiger charge is 2.27. The number of carbonyl (C=O) groups excluding carboxylic acids is 2. The fourth-order valence-corrected chi connectivity index (χ4v) is 3.67. The predicted octanol–water partition coefficient (Wildman–Crippen LogP) is 4.19. The van der Waals surface area contributed by atoms with Crippen LogP contribution < -0.4 is 18.9 Å². The van der Waals surface area contributed by atoms with E-state index in [1.165, 1.54) is 54.8 Å². The highest BCUT2D eigenvalue weighted by Crippen LogP contribution is 2.45. The molecule has 0 radical (unpaired) electrons. The van der Waals surface area contributed by atoms with Gasteiger partial charge < -0.3 is 28.4 Å². The standard InChI is InChI=1S/C21H22Cl2O8/c1-26-16-12(20(24)30-5)8-10(14(22)18(16)28-3)7-11-9-13(21(25)31-6)17(27-2)19(29-4)15(11)23/h8-9H,7H2,1-6H3. The van der Waals surface area contributed by atoms with Crippen LogP contribution in [0.5, 0.6) is 23.0 Å². The molecular formula is C21H22Cl2O8. The molecule has 0 atom stereocenters. The van der Waals surface area contributed by atoms with Gasteiger partial charge in [0.15, 0.2) is 23.0 Å². The Morgan fingerprint density at radius 2 is 0.968 bits per heavy atom. The Morgan fingerprint density at radius 3 is 1.23 bits per heavy atom. The molecule has 0 saturated heterocycles. The van der Waals surface area contributed by atoms with Crippen LogP contribution in [-0.2, 0) is 15.9 Å². The second-order valence-corrected chi connectivity index (χ2v) is 6.84. The van der Waals surface area contributed by atoms with Crippen molar-refractivity contribution in [2.75, 3.05) is 42.7 Å². The van der Waals surface area contributed by atoms with Crippen LogP contribution in [0.1, 0.15) is 31.8 Å². The van der Waals surface area contributed by atoms with E-state index in [1.807, 2.05) is 0 Å². The van der Waals surface area contributed by atoms with Gasteiger partial charge in [0.2, 0.25) is 0 Å². The van der Waals surface area contributed by atoms with Gasteiger partial charge >= 0.3 is 11.9 Å². The number of rotatable bonds is 8. The molecule has 0 heterocycles. The number of carbonyl (C=O) groups is 2. The number of hydrogen-bond donors (Lipinski definition) is 0. The summed E-state index contributed by atoms with van der Waals surface area (Å²) in [6.07, 6.45) is 0.117. The van der Waals surface area contributed by atoms with E-state index in [0.29, 0.717) is 11.1 Å². The molecule has 0 fully saturated rings. The van der Waals surface area contributed by atoms with Crippen molar-refractivity contribution in [1.82, 2.24) is 0 Å². The zero-order valence-corrected chi connectivity index (χ0v) is 19.4. The lowest BCUT2D eigenvalue weighted by molar-refractivity contribution is 0.0587. The normalized spacial score (nSPS) is 10.3. The average molecular weight is 473 g/mol. The fourth-order valence-electron chi connectivity index (χ4n) is 3.10. The van der Waals surface area contributed by atoms with E-state index in [9.17, 15) is 9.59 Å². The largest absolute Gasteiger partial charge is 0.492 e. The summed E-state index contributed by atoms with van der Waals surface area (Å²) in [6, 6.07) is 3.03. The lowest BCUT2D eigenvalue weighted by atomic mass is 9.98. The Morgan fingerprint density at radius 1 is 0.645 bits per heavy atom. The van der Waals surface area contributed by atoms with Gasteiger partial charge in [0.25, 0.3) is 0 Å². The van der Waals surface area contributed by atoms with Crippen LogP contribution in [0.2, 0.25) is 10.0 Å². The molecule has 0 aliphatic heterocycles. The quantitative estimate of drug-likeness (QED) is 0.528. The van der Waals surface area contributed by atoms with Gasteiger partial charge in [-0.3, -0.25) is 0 Å². The molecule has 0 aliphatic rings. The van der Waals surface area contributed by atoms with Crippen molar-refractivity contribution in [3.63, 3.8) is 0 Å². The number of methoxy groups -OCH3 is 6. The van der Waals surface area contributed by atoms with Crippen LogP contribution >= 0.6 is 23.2 Å². The first-order valence-corrected chi connectivity index (χ1v) is 9.58. The fraction of sp³-hybridized carbons (Fsp3) is 0.333. The van der Waals surface area contributed by atoms with Gasteiger partial charge in [-0.25, -0.2) is 9.59 Å². The third-order valence-electron chi connectivity index (χ3n) is 4.51. The summed E-state index contributed by atoms with van der Waals surface area (Å²) >= 11 is 13.1. The summed E-state index contributed by atoms with van der Waals surface area (Å²) < 4.78 is 31.0. The summed E-state index contributed by atoms with van der Waals surface area (Å²) in [5, 5.41) is 0.412. The molecule has 0 aliphatic carbocycles. The Labute approximate surface area is 189 Å². The third kappa shape index (κ3) is 4.60. The lowest BCUT2D eigenvalue weighted by Gasteiger charge is -2.19. The number of ether oxygens (including phenoxy) is 6. The molecule has 2 aromatic rings. The molecule has 8 nitrogen and oxygen atoms in total. The number of halogens is 2. The summed E-state index contributed by atoms with van der Waals surface area (Å²) in [6.45, 7) is 0. The smallest absolute Gasteiger partial charge is 0.341 e. The molecule has 0 amide bonds. The third-order valence-corrected chi connectivity index (χ3v) is 5.34. The van der Waals surface area contributed by atoms with Gasteiger partial charge in [0.1, 0.15) is 11.1 Å². The van der Waals surface area contributed by atoms with Crippen LogP contribution in [0.4, 0.5) is 0 Å². The number of benzene rings is 2. The van der Waals surface area contributed by atoms with Crippen LogP contribution in [0.3, 0.4) is 0 Å². The molecule has 10 heteroatoms. The molecule has 168 valence electrons. The van der Waals surface area contributed by atoms with Crippen LogP contribution in [0.25, 0.3) is 0 Å². The molecule has 0 aromatic heterocycles.